The molecule has 0 unspecified atom stereocenters. The first-order valence-corrected chi connectivity index (χ1v) is 10.1. The summed E-state index contributed by atoms with van der Waals surface area (Å²) in [6.07, 6.45) is 6.64. The average Bonchev–Trinajstić information content (AvgIpc) is 3.49. The van der Waals surface area contributed by atoms with Gasteiger partial charge in [0.1, 0.15) is 11.4 Å². The van der Waals surface area contributed by atoms with Gasteiger partial charge in [-0.05, 0) is 49.7 Å². The molecule has 0 atom stereocenters. The standard InChI is InChI=1S/C22H23N7O/c1-2-30-16-5-7-18-17(13-16)21(28-27-18)22-25-19-6-4-15(12-20(19)26-22)24-8-3-10-29-11-9-23-14-29/h4-7,9,11-14,24H,2-3,8,10H2,1H3,(H,25,26)(H,27,28). The monoisotopic (exact) mass is 401 g/mol. The number of benzene rings is 2. The van der Waals surface area contributed by atoms with Crippen LogP contribution in [0.25, 0.3) is 33.5 Å². The van der Waals surface area contributed by atoms with Gasteiger partial charge in [-0.1, -0.05) is 0 Å². The maximum absolute atomic E-state index is 5.63. The van der Waals surface area contributed by atoms with Crippen molar-refractivity contribution in [2.45, 2.75) is 19.9 Å². The molecule has 3 N–H and O–H groups in total. The predicted molar refractivity (Wildman–Crippen MR) is 118 cm³/mol. The van der Waals surface area contributed by atoms with Crippen molar-refractivity contribution < 1.29 is 4.74 Å². The van der Waals surface area contributed by atoms with Crippen LogP contribution < -0.4 is 10.1 Å². The Kier molecular flexibility index (Phi) is 4.80. The predicted octanol–water partition coefficient (Wildman–Crippen LogP) is 4.20. The molecule has 0 radical (unpaired) electrons. The highest BCUT2D eigenvalue weighted by atomic mass is 16.5. The molecule has 0 saturated carbocycles. The highest BCUT2D eigenvalue weighted by Crippen LogP contribution is 2.29. The van der Waals surface area contributed by atoms with Crippen LogP contribution in [-0.4, -0.2) is 42.9 Å². The summed E-state index contributed by atoms with van der Waals surface area (Å²) in [7, 11) is 0. The first-order chi connectivity index (χ1) is 14.8. The van der Waals surface area contributed by atoms with Crippen molar-refractivity contribution in [3.8, 4) is 17.3 Å². The third kappa shape index (κ3) is 3.59. The lowest BCUT2D eigenvalue weighted by molar-refractivity contribution is 0.341. The molecule has 5 rings (SSSR count). The zero-order valence-corrected chi connectivity index (χ0v) is 16.7. The Hall–Kier alpha value is -3.81. The summed E-state index contributed by atoms with van der Waals surface area (Å²) in [4.78, 5) is 12.2. The number of aryl methyl sites for hydroxylation is 1. The maximum atomic E-state index is 5.63. The Balaban J connectivity index is 1.35. The minimum atomic E-state index is 0.626. The van der Waals surface area contributed by atoms with E-state index in [0.29, 0.717) is 6.61 Å². The molecule has 2 aromatic carbocycles. The summed E-state index contributed by atoms with van der Waals surface area (Å²) in [5.41, 5.74) is 4.69. The van der Waals surface area contributed by atoms with E-state index in [2.05, 4.69) is 42.2 Å². The van der Waals surface area contributed by atoms with Crippen LogP contribution in [0.3, 0.4) is 0 Å². The average molecular weight is 401 g/mol. The number of nitrogens with one attached hydrogen (secondary N) is 3. The Bertz CT molecular complexity index is 1270. The molecule has 0 aliphatic carbocycles. The van der Waals surface area contributed by atoms with Gasteiger partial charge in [-0.25, -0.2) is 9.97 Å². The molecule has 8 nitrogen and oxygen atoms in total. The van der Waals surface area contributed by atoms with Crippen molar-refractivity contribution in [3.63, 3.8) is 0 Å². The minimum absolute atomic E-state index is 0.626. The van der Waals surface area contributed by atoms with Crippen molar-refractivity contribution >= 4 is 27.6 Å². The number of aromatic nitrogens is 6. The van der Waals surface area contributed by atoms with Crippen LogP contribution in [0, 0.1) is 0 Å². The van der Waals surface area contributed by atoms with Gasteiger partial charge in [-0.15, -0.1) is 0 Å². The fourth-order valence-corrected chi connectivity index (χ4v) is 3.58. The van der Waals surface area contributed by atoms with Gasteiger partial charge in [-0.2, -0.15) is 5.10 Å². The summed E-state index contributed by atoms with van der Waals surface area (Å²) in [5.74, 6) is 1.56. The van der Waals surface area contributed by atoms with Gasteiger partial charge in [0.05, 0.1) is 29.5 Å². The smallest absolute Gasteiger partial charge is 0.159 e. The highest BCUT2D eigenvalue weighted by molar-refractivity contribution is 5.94. The van der Waals surface area contributed by atoms with Gasteiger partial charge in [-0.3, -0.25) is 5.10 Å². The molecule has 0 spiro atoms. The quantitative estimate of drug-likeness (QED) is 0.339. The summed E-state index contributed by atoms with van der Waals surface area (Å²) in [6.45, 7) is 4.43. The number of nitrogens with zero attached hydrogens (tertiary/aromatic N) is 4. The summed E-state index contributed by atoms with van der Waals surface area (Å²) >= 11 is 0. The van der Waals surface area contributed by atoms with Gasteiger partial charge >= 0.3 is 0 Å². The number of ether oxygens (including phenoxy) is 1. The summed E-state index contributed by atoms with van der Waals surface area (Å²) in [6, 6.07) is 12.1. The molecule has 3 heterocycles. The molecular formula is C22H23N7O. The normalized spacial score (nSPS) is 11.4. The lowest BCUT2D eigenvalue weighted by Gasteiger charge is -2.06. The molecule has 8 heteroatoms. The molecule has 3 aromatic heterocycles. The molecule has 0 aliphatic heterocycles. The molecule has 30 heavy (non-hydrogen) atoms. The van der Waals surface area contributed by atoms with Gasteiger partial charge in [0.15, 0.2) is 5.82 Å². The van der Waals surface area contributed by atoms with E-state index in [4.69, 9.17) is 9.72 Å². The first-order valence-electron chi connectivity index (χ1n) is 10.1. The number of imidazole rings is 2. The van der Waals surface area contributed by atoms with E-state index in [1.807, 2.05) is 43.7 Å². The van der Waals surface area contributed by atoms with Gasteiger partial charge in [0.25, 0.3) is 0 Å². The third-order valence-electron chi connectivity index (χ3n) is 5.03. The van der Waals surface area contributed by atoms with Gasteiger partial charge < -0.3 is 19.6 Å². The van der Waals surface area contributed by atoms with Crippen molar-refractivity contribution in [3.05, 3.63) is 55.1 Å². The SMILES string of the molecule is CCOc1ccc2[nH]nc(-c3nc4ccc(NCCCn5ccnc5)cc4[nH]3)c2c1. The van der Waals surface area contributed by atoms with E-state index in [1.165, 1.54) is 0 Å². The van der Waals surface area contributed by atoms with Crippen LogP contribution in [0.5, 0.6) is 5.75 Å². The number of fused-ring (bicyclic) bond motifs is 2. The fourth-order valence-electron chi connectivity index (χ4n) is 3.58. The van der Waals surface area contributed by atoms with Crippen LogP contribution >= 0.6 is 0 Å². The second-order valence-corrected chi connectivity index (χ2v) is 7.11. The summed E-state index contributed by atoms with van der Waals surface area (Å²) in [5, 5.41) is 12.0. The van der Waals surface area contributed by atoms with Crippen molar-refractivity contribution in [1.82, 2.24) is 29.7 Å². The van der Waals surface area contributed by atoms with E-state index in [9.17, 15) is 0 Å². The molecule has 0 bridgehead atoms. The zero-order valence-electron chi connectivity index (χ0n) is 16.7. The molecule has 0 aliphatic rings. The van der Waals surface area contributed by atoms with Gasteiger partial charge in [0, 0.05) is 36.6 Å². The molecule has 0 fully saturated rings. The number of hydrogen-bond donors (Lipinski definition) is 3. The molecule has 0 saturated heterocycles. The van der Waals surface area contributed by atoms with Crippen LogP contribution in [-0.2, 0) is 6.54 Å². The number of aromatic amines is 2. The fraction of sp³-hybridized carbons (Fsp3) is 0.227. The largest absolute Gasteiger partial charge is 0.494 e. The second kappa shape index (κ2) is 7.90. The van der Waals surface area contributed by atoms with Crippen LogP contribution in [0.2, 0.25) is 0 Å². The first kappa shape index (κ1) is 18.2. The Morgan fingerprint density at radius 3 is 2.97 bits per heavy atom. The Morgan fingerprint density at radius 2 is 2.10 bits per heavy atom. The van der Waals surface area contributed by atoms with E-state index >= 15 is 0 Å². The molecule has 152 valence electrons. The number of rotatable bonds is 8. The van der Waals surface area contributed by atoms with E-state index in [1.54, 1.807) is 6.20 Å². The Labute approximate surface area is 173 Å². The van der Waals surface area contributed by atoms with Crippen LogP contribution in [0.15, 0.2) is 55.1 Å². The molecule has 0 amide bonds. The molecular weight excluding hydrogens is 378 g/mol. The topological polar surface area (TPSA) is 96.4 Å². The highest BCUT2D eigenvalue weighted by Gasteiger charge is 2.13. The zero-order chi connectivity index (χ0) is 20.3. The Morgan fingerprint density at radius 1 is 1.13 bits per heavy atom. The van der Waals surface area contributed by atoms with Crippen molar-refractivity contribution in [1.29, 1.82) is 0 Å². The van der Waals surface area contributed by atoms with E-state index < -0.39 is 0 Å². The summed E-state index contributed by atoms with van der Waals surface area (Å²) < 4.78 is 7.71. The number of hydrogen-bond acceptors (Lipinski definition) is 5. The lowest BCUT2D eigenvalue weighted by Crippen LogP contribution is -2.05. The lowest BCUT2D eigenvalue weighted by atomic mass is 10.2. The molecule has 5 aromatic rings. The van der Waals surface area contributed by atoms with Crippen LogP contribution in [0.4, 0.5) is 5.69 Å². The van der Waals surface area contributed by atoms with E-state index in [0.717, 1.165) is 64.4 Å². The maximum Gasteiger partial charge on any atom is 0.159 e. The minimum Gasteiger partial charge on any atom is -0.494 e. The van der Waals surface area contributed by atoms with E-state index in [-0.39, 0.29) is 0 Å². The van der Waals surface area contributed by atoms with Crippen molar-refractivity contribution in [2.24, 2.45) is 0 Å². The second-order valence-electron chi connectivity index (χ2n) is 7.11. The van der Waals surface area contributed by atoms with Crippen LogP contribution in [0.1, 0.15) is 13.3 Å². The number of H-pyrrole nitrogens is 2. The van der Waals surface area contributed by atoms with Gasteiger partial charge in [0.2, 0.25) is 0 Å². The number of anilines is 1. The third-order valence-corrected chi connectivity index (χ3v) is 5.03. The van der Waals surface area contributed by atoms with Crippen molar-refractivity contribution in [2.75, 3.05) is 18.5 Å².